The summed E-state index contributed by atoms with van der Waals surface area (Å²) in [5.74, 6) is 0. The predicted octanol–water partition coefficient (Wildman–Crippen LogP) is 1.64. The Labute approximate surface area is 53.6 Å². The second kappa shape index (κ2) is 4.69. The van der Waals surface area contributed by atoms with Crippen LogP contribution in [0.5, 0.6) is 0 Å². The van der Waals surface area contributed by atoms with Gasteiger partial charge in [-0.25, -0.2) is 0 Å². The van der Waals surface area contributed by atoms with Gasteiger partial charge in [-0.05, 0) is 6.92 Å². The van der Waals surface area contributed by atoms with E-state index in [2.05, 4.69) is 6.92 Å². The van der Waals surface area contributed by atoms with Gasteiger partial charge in [-0.1, -0.05) is 0 Å². The predicted molar refractivity (Wildman–Crippen MR) is 31.7 cm³/mol. The van der Waals surface area contributed by atoms with E-state index >= 15 is 0 Å². The Morgan fingerprint density at radius 3 is 2.29 bits per heavy atom. The normalized spacial score (nSPS) is 10.3. The Hall–Kier alpha value is 0.540. The maximum absolute atomic E-state index is 5.27. The summed E-state index contributed by atoms with van der Waals surface area (Å²) in [5.41, 5.74) is 0. The van der Waals surface area contributed by atoms with E-state index in [0.717, 1.165) is 0 Å². The monoisotopic (exact) mass is 141 g/mol. The quantitative estimate of drug-likeness (QED) is 0.544. The Kier molecular flexibility index (Phi) is 5.05. The molecule has 1 nitrogen and oxygen atoms in total. The first-order chi connectivity index (χ1) is 3.27. The van der Waals surface area contributed by atoms with Gasteiger partial charge in [0.15, 0.2) is 0 Å². The third kappa shape index (κ3) is 6.54. The Morgan fingerprint density at radius 1 is 1.57 bits per heavy atom. The summed E-state index contributed by atoms with van der Waals surface area (Å²) in [5, 5.41) is 0. The molecule has 0 bridgehead atoms. The SMILES string of the molecule is [CH2]COCC(Cl)Cl. The van der Waals surface area contributed by atoms with Crippen molar-refractivity contribution in [2.75, 3.05) is 13.2 Å². The molecule has 0 saturated carbocycles. The maximum atomic E-state index is 5.27. The largest absolute Gasteiger partial charge is 0.379 e. The molecule has 0 spiro atoms. The van der Waals surface area contributed by atoms with Crippen molar-refractivity contribution in [2.45, 2.75) is 4.84 Å². The Morgan fingerprint density at radius 2 is 2.14 bits per heavy atom. The van der Waals surface area contributed by atoms with Crippen molar-refractivity contribution in [3.63, 3.8) is 0 Å². The highest BCUT2D eigenvalue weighted by molar-refractivity contribution is 6.44. The standard InChI is InChI=1S/C4H7Cl2O/c1-2-7-3-4(5)6/h4H,1-3H2. The lowest BCUT2D eigenvalue weighted by atomic mass is 10.8. The van der Waals surface area contributed by atoms with Gasteiger partial charge in [0.2, 0.25) is 0 Å². The first kappa shape index (κ1) is 7.54. The van der Waals surface area contributed by atoms with Crippen LogP contribution in [-0.2, 0) is 4.74 Å². The minimum absolute atomic E-state index is 0.368. The van der Waals surface area contributed by atoms with E-state index < -0.39 is 4.84 Å². The molecule has 3 heteroatoms. The van der Waals surface area contributed by atoms with Crippen LogP contribution in [0.2, 0.25) is 0 Å². The molecule has 0 unspecified atom stereocenters. The fourth-order valence-electron chi connectivity index (χ4n) is 0.172. The molecule has 0 aromatic heterocycles. The summed E-state index contributed by atoms with van der Waals surface area (Å²) in [6, 6.07) is 0. The van der Waals surface area contributed by atoms with Gasteiger partial charge in [0.1, 0.15) is 4.84 Å². The third-order valence-corrected chi connectivity index (χ3v) is 0.640. The average molecular weight is 142 g/mol. The van der Waals surface area contributed by atoms with E-state index in [9.17, 15) is 0 Å². The fraction of sp³-hybridized carbons (Fsp3) is 0.750. The van der Waals surface area contributed by atoms with Gasteiger partial charge in [-0.3, -0.25) is 0 Å². The van der Waals surface area contributed by atoms with Crippen molar-refractivity contribution in [3.8, 4) is 0 Å². The van der Waals surface area contributed by atoms with Gasteiger partial charge < -0.3 is 4.74 Å². The Balaban J connectivity index is 2.68. The molecule has 0 N–H and O–H groups in total. The molecule has 0 aliphatic carbocycles. The molecule has 0 fully saturated rings. The zero-order valence-electron chi connectivity index (χ0n) is 3.86. The summed E-state index contributed by atoms with van der Waals surface area (Å²) in [6.45, 7) is 4.21. The summed E-state index contributed by atoms with van der Waals surface area (Å²) in [7, 11) is 0. The number of hydrogen-bond acceptors (Lipinski definition) is 1. The molecule has 0 rings (SSSR count). The maximum Gasteiger partial charge on any atom is 0.131 e. The lowest BCUT2D eigenvalue weighted by Gasteiger charge is -1.97. The summed E-state index contributed by atoms with van der Waals surface area (Å²) in [6.07, 6.45) is 0. The highest BCUT2D eigenvalue weighted by atomic mass is 35.5. The highest BCUT2D eigenvalue weighted by Crippen LogP contribution is 1.99. The van der Waals surface area contributed by atoms with Gasteiger partial charge in [0.25, 0.3) is 0 Å². The first-order valence-electron chi connectivity index (χ1n) is 1.92. The lowest BCUT2D eigenvalue weighted by molar-refractivity contribution is 0.172. The molecule has 0 aromatic rings. The van der Waals surface area contributed by atoms with E-state index in [1.54, 1.807) is 0 Å². The van der Waals surface area contributed by atoms with Gasteiger partial charge in [0, 0.05) is 6.61 Å². The second-order valence-electron chi connectivity index (χ2n) is 0.966. The number of rotatable bonds is 3. The van der Waals surface area contributed by atoms with Crippen molar-refractivity contribution in [3.05, 3.63) is 6.92 Å². The topological polar surface area (TPSA) is 9.23 Å². The number of alkyl halides is 2. The van der Waals surface area contributed by atoms with E-state index in [4.69, 9.17) is 27.9 Å². The van der Waals surface area contributed by atoms with E-state index in [0.29, 0.717) is 13.2 Å². The van der Waals surface area contributed by atoms with Crippen LogP contribution < -0.4 is 0 Å². The molecule has 0 heterocycles. The zero-order chi connectivity index (χ0) is 5.70. The third-order valence-electron chi connectivity index (χ3n) is 0.388. The summed E-state index contributed by atoms with van der Waals surface area (Å²) < 4.78 is 4.72. The van der Waals surface area contributed by atoms with Crippen LogP contribution in [-0.4, -0.2) is 18.1 Å². The van der Waals surface area contributed by atoms with Crippen LogP contribution in [0.3, 0.4) is 0 Å². The molecule has 0 aliphatic rings. The van der Waals surface area contributed by atoms with Gasteiger partial charge >= 0.3 is 0 Å². The van der Waals surface area contributed by atoms with Crippen LogP contribution >= 0.6 is 23.2 Å². The number of hydrogen-bond donors (Lipinski definition) is 0. The van der Waals surface area contributed by atoms with Crippen molar-refractivity contribution < 1.29 is 4.74 Å². The van der Waals surface area contributed by atoms with Crippen LogP contribution in [0, 0.1) is 6.92 Å². The van der Waals surface area contributed by atoms with Gasteiger partial charge in [-0.2, -0.15) is 0 Å². The summed E-state index contributed by atoms with van der Waals surface area (Å²) in [4.78, 5) is -0.415. The van der Waals surface area contributed by atoms with Crippen molar-refractivity contribution >= 4 is 23.2 Å². The van der Waals surface area contributed by atoms with Crippen LogP contribution in [0.4, 0.5) is 0 Å². The van der Waals surface area contributed by atoms with Crippen molar-refractivity contribution in [1.29, 1.82) is 0 Å². The average Bonchev–Trinajstić information content (AvgIpc) is 1.61. The highest BCUT2D eigenvalue weighted by Gasteiger charge is 1.93. The number of ether oxygens (including phenoxy) is 1. The molecule has 0 aromatic carbocycles. The molecule has 43 valence electrons. The molecule has 0 atom stereocenters. The minimum Gasteiger partial charge on any atom is -0.379 e. The van der Waals surface area contributed by atoms with Crippen LogP contribution in [0.25, 0.3) is 0 Å². The molecule has 7 heavy (non-hydrogen) atoms. The minimum atomic E-state index is -0.415. The lowest BCUT2D eigenvalue weighted by Crippen LogP contribution is -2.00. The summed E-state index contributed by atoms with van der Waals surface area (Å²) >= 11 is 10.5. The van der Waals surface area contributed by atoms with Crippen molar-refractivity contribution in [2.24, 2.45) is 0 Å². The first-order valence-corrected chi connectivity index (χ1v) is 2.79. The van der Waals surface area contributed by atoms with Crippen molar-refractivity contribution in [1.82, 2.24) is 0 Å². The van der Waals surface area contributed by atoms with Crippen LogP contribution in [0.1, 0.15) is 0 Å². The second-order valence-corrected chi connectivity index (χ2v) is 2.24. The van der Waals surface area contributed by atoms with E-state index in [1.807, 2.05) is 0 Å². The fourth-order valence-corrected chi connectivity index (χ4v) is 0.351. The molecular formula is C4H7Cl2O. The van der Waals surface area contributed by atoms with Crippen LogP contribution in [0.15, 0.2) is 0 Å². The van der Waals surface area contributed by atoms with Gasteiger partial charge in [0.05, 0.1) is 6.61 Å². The van der Waals surface area contributed by atoms with Gasteiger partial charge in [-0.15, -0.1) is 23.2 Å². The molecule has 1 radical (unpaired) electrons. The molecule has 0 saturated heterocycles. The molecular weight excluding hydrogens is 135 g/mol. The van der Waals surface area contributed by atoms with E-state index in [-0.39, 0.29) is 0 Å². The molecule has 0 aliphatic heterocycles. The zero-order valence-corrected chi connectivity index (χ0v) is 5.37. The molecule has 0 amide bonds. The Bertz CT molecular complexity index is 38.7. The smallest absolute Gasteiger partial charge is 0.131 e. The number of halogens is 2. The van der Waals surface area contributed by atoms with E-state index in [1.165, 1.54) is 0 Å².